The molecule has 1 saturated heterocycles. The van der Waals surface area contributed by atoms with E-state index >= 15 is 0 Å². The SMILES string of the molecule is C=CC(=O)NC1=CSC(C(=O)N2CCCC2)N1.CC.[HH]. The first-order chi connectivity index (χ1) is 9.20. The summed E-state index contributed by atoms with van der Waals surface area (Å²) in [7, 11) is 0. The fraction of sp³-hybridized carbons (Fsp3) is 0.538. The summed E-state index contributed by atoms with van der Waals surface area (Å²) in [4.78, 5) is 25.0. The highest BCUT2D eigenvalue weighted by Crippen LogP contribution is 2.22. The van der Waals surface area contributed by atoms with Gasteiger partial charge in [-0.15, -0.1) is 0 Å². The first-order valence-corrected chi connectivity index (χ1v) is 7.49. The van der Waals surface area contributed by atoms with Crippen LogP contribution >= 0.6 is 11.8 Å². The van der Waals surface area contributed by atoms with Gasteiger partial charge < -0.3 is 15.5 Å². The van der Waals surface area contributed by atoms with E-state index in [2.05, 4.69) is 17.2 Å². The summed E-state index contributed by atoms with van der Waals surface area (Å²) in [5.74, 6) is 0.377. The van der Waals surface area contributed by atoms with Gasteiger partial charge in [-0.1, -0.05) is 32.2 Å². The van der Waals surface area contributed by atoms with Crippen LogP contribution in [0.25, 0.3) is 0 Å². The zero-order valence-corrected chi connectivity index (χ0v) is 12.3. The molecule has 2 rings (SSSR count). The third-order valence-corrected chi connectivity index (χ3v) is 3.66. The van der Waals surface area contributed by atoms with Crippen molar-refractivity contribution >= 4 is 23.6 Å². The average Bonchev–Trinajstić information content (AvgIpc) is 3.11. The van der Waals surface area contributed by atoms with Crippen molar-refractivity contribution in [3.05, 3.63) is 23.9 Å². The van der Waals surface area contributed by atoms with E-state index in [1.807, 2.05) is 18.7 Å². The highest BCUT2D eigenvalue weighted by Gasteiger charge is 2.30. The first-order valence-electron chi connectivity index (χ1n) is 6.55. The lowest BCUT2D eigenvalue weighted by molar-refractivity contribution is -0.130. The number of hydrogen-bond donors (Lipinski definition) is 2. The lowest BCUT2D eigenvalue weighted by atomic mass is 10.4. The molecule has 1 atom stereocenters. The Morgan fingerprint density at radius 2 is 2.16 bits per heavy atom. The molecular formula is C13H23N3O2S. The van der Waals surface area contributed by atoms with Crippen LogP contribution in [0.5, 0.6) is 0 Å². The molecule has 108 valence electrons. The number of carbonyl (C=O) groups excluding carboxylic acids is 2. The van der Waals surface area contributed by atoms with E-state index < -0.39 is 0 Å². The van der Waals surface area contributed by atoms with Gasteiger partial charge in [-0.05, 0) is 18.9 Å². The van der Waals surface area contributed by atoms with Crippen molar-refractivity contribution in [1.29, 1.82) is 0 Å². The lowest BCUT2D eigenvalue weighted by Gasteiger charge is -2.20. The Bertz CT molecular complexity index is 382. The molecule has 19 heavy (non-hydrogen) atoms. The summed E-state index contributed by atoms with van der Waals surface area (Å²) in [6, 6.07) is 0. The number of nitrogens with one attached hydrogen (secondary N) is 2. The molecule has 0 radical (unpaired) electrons. The Labute approximate surface area is 120 Å². The zero-order valence-electron chi connectivity index (χ0n) is 11.4. The predicted molar refractivity (Wildman–Crippen MR) is 80.2 cm³/mol. The number of nitrogens with zero attached hydrogens (tertiary/aromatic N) is 1. The largest absolute Gasteiger partial charge is 0.351 e. The molecule has 0 spiro atoms. The molecule has 0 aromatic heterocycles. The minimum atomic E-state index is -0.312. The number of thioether (sulfide) groups is 1. The second kappa shape index (κ2) is 7.89. The van der Waals surface area contributed by atoms with Crippen LogP contribution in [0.15, 0.2) is 23.9 Å². The van der Waals surface area contributed by atoms with E-state index in [1.165, 1.54) is 17.8 Å². The van der Waals surface area contributed by atoms with E-state index in [4.69, 9.17) is 0 Å². The fourth-order valence-electron chi connectivity index (χ4n) is 1.82. The van der Waals surface area contributed by atoms with Crippen molar-refractivity contribution < 1.29 is 11.0 Å². The third-order valence-electron chi connectivity index (χ3n) is 2.69. The normalized spacial score (nSPS) is 20.8. The molecule has 0 aromatic rings. The summed E-state index contributed by atoms with van der Waals surface area (Å²) >= 11 is 1.38. The van der Waals surface area contributed by atoms with Gasteiger partial charge in [0.1, 0.15) is 5.82 Å². The summed E-state index contributed by atoms with van der Waals surface area (Å²) < 4.78 is 0. The van der Waals surface area contributed by atoms with Gasteiger partial charge in [-0.2, -0.15) is 0 Å². The second-order valence-electron chi connectivity index (χ2n) is 3.92. The Morgan fingerprint density at radius 1 is 1.53 bits per heavy atom. The number of carbonyl (C=O) groups is 2. The number of hydrogen-bond acceptors (Lipinski definition) is 4. The summed E-state index contributed by atoms with van der Waals surface area (Å²) in [5.41, 5.74) is 0. The van der Waals surface area contributed by atoms with Crippen LogP contribution in [-0.4, -0.2) is 35.2 Å². The molecule has 0 bridgehead atoms. The van der Waals surface area contributed by atoms with Crippen LogP contribution in [0.1, 0.15) is 28.1 Å². The molecule has 2 amide bonds. The van der Waals surface area contributed by atoms with Crippen molar-refractivity contribution in [2.24, 2.45) is 0 Å². The smallest absolute Gasteiger partial charge is 0.255 e. The maximum Gasteiger partial charge on any atom is 0.255 e. The van der Waals surface area contributed by atoms with Gasteiger partial charge >= 0.3 is 0 Å². The van der Waals surface area contributed by atoms with Crippen molar-refractivity contribution in [3.63, 3.8) is 0 Å². The van der Waals surface area contributed by atoms with Gasteiger partial charge in [0.2, 0.25) is 5.91 Å². The van der Waals surface area contributed by atoms with Crippen LogP contribution in [0.2, 0.25) is 0 Å². The van der Waals surface area contributed by atoms with Gasteiger partial charge in [0.05, 0.1) is 0 Å². The number of rotatable bonds is 3. The predicted octanol–water partition coefficient (Wildman–Crippen LogP) is 1.64. The molecular weight excluding hydrogens is 262 g/mol. The van der Waals surface area contributed by atoms with E-state index in [1.54, 1.807) is 5.41 Å². The van der Waals surface area contributed by atoms with E-state index in [0.29, 0.717) is 5.82 Å². The molecule has 5 nitrogen and oxygen atoms in total. The maximum absolute atomic E-state index is 12.0. The van der Waals surface area contributed by atoms with E-state index in [0.717, 1.165) is 25.9 Å². The minimum absolute atomic E-state index is 0. The molecule has 0 saturated carbocycles. The van der Waals surface area contributed by atoms with Crippen molar-refractivity contribution in [2.75, 3.05) is 13.1 Å². The van der Waals surface area contributed by atoms with Gasteiger partial charge in [-0.25, -0.2) is 0 Å². The number of amides is 2. The zero-order chi connectivity index (χ0) is 14.3. The first kappa shape index (κ1) is 15.6. The quantitative estimate of drug-likeness (QED) is 0.774. The molecule has 0 aromatic carbocycles. The molecule has 2 aliphatic rings. The van der Waals surface area contributed by atoms with Crippen LogP contribution in [0, 0.1) is 0 Å². The molecule has 0 aliphatic carbocycles. The maximum atomic E-state index is 12.0. The van der Waals surface area contributed by atoms with Gasteiger partial charge in [0, 0.05) is 19.9 Å². The lowest BCUT2D eigenvalue weighted by Crippen LogP contribution is -2.43. The highest BCUT2D eigenvalue weighted by atomic mass is 32.2. The van der Waals surface area contributed by atoms with Crippen molar-refractivity contribution in [3.8, 4) is 0 Å². The van der Waals surface area contributed by atoms with Crippen molar-refractivity contribution in [2.45, 2.75) is 32.1 Å². The van der Waals surface area contributed by atoms with Crippen molar-refractivity contribution in [1.82, 2.24) is 15.5 Å². The van der Waals surface area contributed by atoms with Gasteiger partial charge in [0.25, 0.3) is 5.91 Å². The second-order valence-corrected chi connectivity index (χ2v) is 4.90. The molecule has 2 N–H and O–H groups in total. The molecule has 2 aliphatic heterocycles. The summed E-state index contributed by atoms with van der Waals surface area (Å²) in [6.45, 7) is 9.05. The Kier molecular flexibility index (Phi) is 6.49. The standard InChI is InChI=1S/C11H15N3O2S.C2H6.H2/c1-2-9(15)12-8-7-17-10(13-8)11(16)14-5-3-4-6-14;1-2;/h2,7,10,13H,1,3-6H2,(H,12,15);1-2H3;1H. The topological polar surface area (TPSA) is 61.4 Å². The highest BCUT2D eigenvalue weighted by molar-refractivity contribution is 8.03. The van der Waals surface area contributed by atoms with Gasteiger partial charge in [0.15, 0.2) is 5.37 Å². The Morgan fingerprint density at radius 3 is 2.74 bits per heavy atom. The average molecular weight is 285 g/mol. The molecule has 2 heterocycles. The molecule has 1 unspecified atom stereocenters. The third kappa shape index (κ3) is 4.31. The van der Waals surface area contributed by atoms with Crippen LogP contribution in [0.3, 0.4) is 0 Å². The van der Waals surface area contributed by atoms with Crippen LogP contribution in [-0.2, 0) is 9.59 Å². The van der Waals surface area contributed by atoms with E-state index in [-0.39, 0.29) is 18.6 Å². The molecule has 6 heteroatoms. The number of likely N-dealkylation sites (tertiary alicyclic amines) is 1. The fourth-order valence-corrected chi connectivity index (χ4v) is 2.68. The van der Waals surface area contributed by atoms with E-state index in [9.17, 15) is 9.59 Å². The Balaban J connectivity index is 0.00000115. The Hall–Kier alpha value is -1.43. The van der Waals surface area contributed by atoms with Gasteiger partial charge in [-0.3, -0.25) is 9.59 Å². The molecule has 1 fully saturated rings. The monoisotopic (exact) mass is 285 g/mol. The van der Waals surface area contributed by atoms with Crippen LogP contribution in [0.4, 0.5) is 0 Å². The van der Waals surface area contributed by atoms with Crippen LogP contribution < -0.4 is 10.6 Å². The summed E-state index contributed by atoms with van der Waals surface area (Å²) in [6.07, 6.45) is 3.36. The summed E-state index contributed by atoms with van der Waals surface area (Å²) in [5, 5.41) is 7.03. The minimum Gasteiger partial charge on any atom is -0.351 e.